The third kappa shape index (κ3) is 6.97. The summed E-state index contributed by atoms with van der Waals surface area (Å²) in [4.78, 5) is 14.1. The normalized spacial score (nSPS) is 19.3. The van der Waals surface area contributed by atoms with Crippen LogP contribution in [-0.4, -0.2) is 55.4 Å². The Balaban J connectivity index is 1.26. The molecule has 3 aromatic rings. The maximum absolute atomic E-state index is 11.7. The lowest BCUT2D eigenvalue weighted by Crippen LogP contribution is -2.34. The Labute approximate surface area is 247 Å². The van der Waals surface area contributed by atoms with Gasteiger partial charge >= 0.3 is 5.97 Å². The van der Waals surface area contributed by atoms with Crippen LogP contribution in [0.2, 0.25) is 5.02 Å². The van der Waals surface area contributed by atoms with Gasteiger partial charge in [0.15, 0.2) is 0 Å². The number of aromatic hydroxyl groups is 1. The molecule has 0 bridgehead atoms. The molecule has 0 saturated carbocycles. The molecule has 8 heteroatoms. The lowest BCUT2D eigenvalue weighted by atomic mass is 9.93. The monoisotopic (exact) mass is 578 g/mol. The standard InChI is InChI=1S/C33H39ClN2O5/c1-21-24(20-41-32-16-30(37)25(15-28(32)34)17-35-29-12-14-39-33(29)38)8-4-9-26(21)27-10-5-11-31(22(27)2)40-19-23-7-6-13-36(3)18-23/h4-5,8-11,15-16,23,29,35,37H,6-7,12-14,17-20H2,1-3H3/t23?,29-/m0/s1. The van der Waals surface area contributed by atoms with Gasteiger partial charge in [0.25, 0.3) is 0 Å². The van der Waals surface area contributed by atoms with E-state index in [9.17, 15) is 9.90 Å². The van der Waals surface area contributed by atoms with Gasteiger partial charge in [-0.1, -0.05) is 41.9 Å². The van der Waals surface area contributed by atoms with Crippen molar-refractivity contribution in [3.63, 3.8) is 0 Å². The largest absolute Gasteiger partial charge is 0.507 e. The van der Waals surface area contributed by atoms with E-state index in [-0.39, 0.29) is 17.8 Å². The van der Waals surface area contributed by atoms with Gasteiger partial charge < -0.3 is 29.5 Å². The van der Waals surface area contributed by atoms with E-state index in [4.69, 9.17) is 25.8 Å². The van der Waals surface area contributed by atoms with Gasteiger partial charge in [-0.3, -0.25) is 4.79 Å². The molecular formula is C33H39ClN2O5. The lowest BCUT2D eigenvalue weighted by Gasteiger charge is -2.29. The number of rotatable bonds is 10. The fraction of sp³-hybridized carbons (Fsp3) is 0.424. The zero-order valence-electron chi connectivity index (χ0n) is 24.0. The molecule has 218 valence electrons. The summed E-state index contributed by atoms with van der Waals surface area (Å²) in [7, 11) is 2.18. The van der Waals surface area contributed by atoms with Crippen molar-refractivity contribution >= 4 is 17.6 Å². The SMILES string of the molecule is Cc1c(COc2cc(O)c(CN[C@H]3CCOC3=O)cc2Cl)cccc1-c1cccc(OCC2CCCN(C)C2)c1C. The number of piperidine rings is 1. The molecule has 0 aromatic heterocycles. The van der Waals surface area contributed by atoms with E-state index in [1.165, 1.54) is 25.5 Å². The van der Waals surface area contributed by atoms with Gasteiger partial charge in [-0.25, -0.2) is 0 Å². The number of phenols is 1. The van der Waals surface area contributed by atoms with Crippen LogP contribution in [0.1, 0.15) is 41.5 Å². The number of carbonyl (C=O) groups excluding carboxylic acids is 1. The smallest absolute Gasteiger partial charge is 0.323 e. The minimum Gasteiger partial charge on any atom is -0.507 e. The highest BCUT2D eigenvalue weighted by atomic mass is 35.5. The minimum atomic E-state index is -0.367. The summed E-state index contributed by atoms with van der Waals surface area (Å²) in [5.41, 5.74) is 6.13. The zero-order chi connectivity index (χ0) is 28.9. The highest BCUT2D eigenvalue weighted by Gasteiger charge is 2.26. The number of nitrogens with zero attached hydrogens (tertiary/aromatic N) is 1. The van der Waals surface area contributed by atoms with Crippen molar-refractivity contribution in [1.82, 2.24) is 10.2 Å². The summed E-state index contributed by atoms with van der Waals surface area (Å²) in [6.45, 7) is 8.21. The van der Waals surface area contributed by atoms with Crippen molar-refractivity contribution in [2.45, 2.75) is 52.3 Å². The number of carbonyl (C=O) groups is 1. The lowest BCUT2D eigenvalue weighted by molar-refractivity contribution is -0.139. The molecule has 3 aromatic carbocycles. The molecule has 0 aliphatic carbocycles. The van der Waals surface area contributed by atoms with Crippen molar-refractivity contribution in [1.29, 1.82) is 0 Å². The summed E-state index contributed by atoms with van der Waals surface area (Å²) in [5, 5.41) is 14.1. The van der Waals surface area contributed by atoms with E-state index >= 15 is 0 Å². The first-order valence-electron chi connectivity index (χ1n) is 14.3. The molecule has 2 aliphatic heterocycles. The Morgan fingerprint density at radius 1 is 1.02 bits per heavy atom. The van der Waals surface area contributed by atoms with E-state index in [2.05, 4.69) is 55.4 Å². The first-order valence-corrected chi connectivity index (χ1v) is 14.7. The number of cyclic esters (lactones) is 1. The van der Waals surface area contributed by atoms with Gasteiger partial charge in [-0.2, -0.15) is 0 Å². The Morgan fingerprint density at radius 2 is 1.80 bits per heavy atom. The van der Waals surface area contributed by atoms with E-state index in [1.54, 1.807) is 6.07 Å². The fourth-order valence-electron chi connectivity index (χ4n) is 5.72. The number of ether oxygens (including phenoxy) is 3. The predicted molar refractivity (Wildman–Crippen MR) is 161 cm³/mol. The Kier molecular flexibility index (Phi) is 9.38. The average molecular weight is 579 g/mol. The molecular weight excluding hydrogens is 540 g/mol. The van der Waals surface area contributed by atoms with Crippen LogP contribution in [0.15, 0.2) is 48.5 Å². The number of halogens is 1. The first kappa shape index (κ1) is 29.2. The van der Waals surface area contributed by atoms with Gasteiger partial charge in [0.1, 0.15) is 29.9 Å². The number of hydrogen-bond donors (Lipinski definition) is 2. The van der Waals surface area contributed by atoms with Crippen LogP contribution in [0.25, 0.3) is 11.1 Å². The molecule has 2 atom stereocenters. The summed E-state index contributed by atoms with van der Waals surface area (Å²) < 4.78 is 17.4. The second-order valence-electron chi connectivity index (χ2n) is 11.2. The van der Waals surface area contributed by atoms with Crippen molar-refractivity contribution < 1.29 is 24.1 Å². The van der Waals surface area contributed by atoms with Crippen LogP contribution in [0, 0.1) is 19.8 Å². The number of esters is 1. The summed E-state index contributed by atoms with van der Waals surface area (Å²) >= 11 is 6.52. The van der Waals surface area contributed by atoms with E-state index in [1.807, 2.05) is 12.1 Å². The quantitative estimate of drug-likeness (QED) is 0.284. The number of benzene rings is 3. The minimum absolute atomic E-state index is 0.0565. The molecule has 2 N–H and O–H groups in total. The van der Waals surface area contributed by atoms with Crippen molar-refractivity contribution in [2.24, 2.45) is 5.92 Å². The topological polar surface area (TPSA) is 80.3 Å². The Morgan fingerprint density at radius 3 is 2.56 bits per heavy atom. The van der Waals surface area contributed by atoms with E-state index in [0.717, 1.165) is 46.7 Å². The predicted octanol–water partition coefficient (Wildman–Crippen LogP) is 6.03. The molecule has 2 aliphatic rings. The van der Waals surface area contributed by atoms with Crippen molar-refractivity contribution in [2.75, 3.05) is 33.4 Å². The molecule has 2 fully saturated rings. The second-order valence-corrected chi connectivity index (χ2v) is 11.6. The Bertz CT molecular complexity index is 1390. The molecule has 0 amide bonds. The van der Waals surface area contributed by atoms with Gasteiger partial charge in [0.2, 0.25) is 0 Å². The van der Waals surface area contributed by atoms with Gasteiger partial charge in [-0.15, -0.1) is 0 Å². The first-order chi connectivity index (χ1) is 19.8. The maximum atomic E-state index is 11.7. The zero-order valence-corrected chi connectivity index (χ0v) is 24.8. The number of hydrogen-bond acceptors (Lipinski definition) is 7. The van der Waals surface area contributed by atoms with Crippen molar-refractivity contribution in [3.05, 3.63) is 75.8 Å². The van der Waals surface area contributed by atoms with Crippen LogP contribution >= 0.6 is 11.6 Å². The molecule has 0 spiro atoms. The fourth-order valence-corrected chi connectivity index (χ4v) is 5.96. The highest BCUT2D eigenvalue weighted by molar-refractivity contribution is 6.32. The molecule has 2 saturated heterocycles. The van der Waals surface area contributed by atoms with Crippen LogP contribution in [0.4, 0.5) is 0 Å². The molecule has 7 nitrogen and oxygen atoms in total. The van der Waals surface area contributed by atoms with Gasteiger partial charge in [0, 0.05) is 37.1 Å². The third-order valence-electron chi connectivity index (χ3n) is 8.21. The number of nitrogens with one attached hydrogen (secondary N) is 1. The maximum Gasteiger partial charge on any atom is 0.323 e. The average Bonchev–Trinajstić information content (AvgIpc) is 3.37. The summed E-state index contributed by atoms with van der Waals surface area (Å²) in [6.07, 6.45) is 3.05. The molecule has 0 radical (unpaired) electrons. The van der Waals surface area contributed by atoms with E-state index in [0.29, 0.717) is 48.4 Å². The van der Waals surface area contributed by atoms with Gasteiger partial charge in [-0.05, 0) is 80.2 Å². The Hall–Kier alpha value is -3.26. The van der Waals surface area contributed by atoms with Gasteiger partial charge in [0.05, 0.1) is 18.2 Å². The third-order valence-corrected chi connectivity index (χ3v) is 8.50. The van der Waals surface area contributed by atoms with Crippen LogP contribution in [0.3, 0.4) is 0 Å². The van der Waals surface area contributed by atoms with Crippen LogP contribution in [-0.2, 0) is 22.7 Å². The highest BCUT2D eigenvalue weighted by Crippen LogP contribution is 2.36. The van der Waals surface area contributed by atoms with Crippen LogP contribution < -0.4 is 14.8 Å². The molecule has 1 unspecified atom stereocenters. The van der Waals surface area contributed by atoms with E-state index < -0.39 is 0 Å². The molecule has 41 heavy (non-hydrogen) atoms. The number of likely N-dealkylation sites (tertiary alicyclic amines) is 1. The summed E-state index contributed by atoms with van der Waals surface area (Å²) in [5.74, 6) is 1.68. The van der Waals surface area contributed by atoms with Crippen LogP contribution in [0.5, 0.6) is 17.2 Å². The second kappa shape index (κ2) is 13.1. The summed E-state index contributed by atoms with van der Waals surface area (Å²) in [6, 6.07) is 15.3. The number of phenolic OH excluding ortho intramolecular Hbond substituents is 1. The van der Waals surface area contributed by atoms with Crippen molar-refractivity contribution in [3.8, 4) is 28.4 Å². The molecule has 2 heterocycles. The molecule has 5 rings (SSSR count).